The van der Waals surface area contributed by atoms with Crippen LogP contribution in [0.4, 0.5) is 10.8 Å². The Labute approximate surface area is 111 Å². The van der Waals surface area contributed by atoms with E-state index < -0.39 is 0 Å². The molecule has 1 aromatic heterocycles. The Balaban J connectivity index is 2.05. The zero-order valence-electron chi connectivity index (χ0n) is 10.6. The van der Waals surface area contributed by atoms with Crippen LogP contribution in [0.5, 0.6) is 0 Å². The van der Waals surface area contributed by atoms with Crippen LogP contribution in [0.1, 0.15) is 12.8 Å². The van der Waals surface area contributed by atoms with Crippen LogP contribution in [0.3, 0.4) is 0 Å². The summed E-state index contributed by atoms with van der Waals surface area (Å²) in [6, 6.07) is 0.717. The number of nitrogen functional groups attached to an aromatic ring is 1. The summed E-state index contributed by atoms with van der Waals surface area (Å²) < 4.78 is 4.26. The molecule has 1 aliphatic heterocycles. The molecule has 6 heteroatoms. The number of hydrogen-bond donors (Lipinski definition) is 1. The van der Waals surface area contributed by atoms with Crippen LogP contribution in [0.25, 0.3) is 0 Å². The van der Waals surface area contributed by atoms with Gasteiger partial charge in [-0.15, -0.1) is 11.8 Å². The minimum absolute atomic E-state index is 0.687. The van der Waals surface area contributed by atoms with E-state index in [-0.39, 0.29) is 0 Å². The number of anilines is 2. The molecule has 1 saturated heterocycles. The van der Waals surface area contributed by atoms with Gasteiger partial charge in [0.15, 0.2) is 5.82 Å². The molecule has 96 valence electrons. The van der Waals surface area contributed by atoms with Gasteiger partial charge in [0, 0.05) is 19.1 Å². The van der Waals surface area contributed by atoms with Gasteiger partial charge in [-0.3, -0.25) is 0 Å². The minimum Gasteiger partial charge on any atom is -0.382 e. The van der Waals surface area contributed by atoms with Crippen LogP contribution >= 0.6 is 23.3 Å². The molecule has 17 heavy (non-hydrogen) atoms. The first-order valence-corrected chi connectivity index (χ1v) is 7.83. The highest BCUT2D eigenvalue weighted by Crippen LogP contribution is 2.38. The molecule has 0 saturated carbocycles. The molecule has 2 heterocycles. The van der Waals surface area contributed by atoms with Gasteiger partial charge < -0.3 is 15.5 Å². The zero-order chi connectivity index (χ0) is 12.4. The number of hydrogen-bond acceptors (Lipinski definition) is 6. The first kappa shape index (κ1) is 13.0. The smallest absolute Gasteiger partial charge is 0.153 e. The monoisotopic (exact) mass is 272 g/mol. The Morgan fingerprint density at radius 3 is 2.59 bits per heavy atom. The van der Waals surface area contributed by atoms with Crippen LogP contribution in [-0.4, -0.2) is 48.8 Å². The standard InChI is InChI=1S/C11H20N4S2/c1-14(2)8-4-6-15(7-5-8)11-9(16-3)10(12)13-17-11/h8H,4-7H2,1-3H3,(H2,12,13). The average molecular weight is 272 g/mol. The van der Waals surface area contributed by atoms with Crippen LogP contribution in [0.15, 0.2) is 4.90 Å². The Morgan fingerprint density at radius 1 is 1.41 bits per heavy atom. The Bertz CT molecular complexity index is 370. The summed E-state index contributed by atoms with van der Waals surface area (Å²) in [4.78, 5) is 5.91. The minimum atomic E-state index is 0.687. The van der Waals surface area contributed by atoms with Crippen LogP contribution in [0.2, 0.25) is 0 Å². The molecule has 0 spiro atoms. The van der Waals surface area contributed by atoms with Crippen molar-refractivity contribution in [3.8, 4) is 0 Å². The third-order valence-corrected chi connectivity index (χ3v) is 5.21. The van der Waals surface area contributed by atoms with Gasteiger partial charge in [-0.1, -0.05) is 0 Å². The van der Waals surface area contributed by atoms with Gasteiger partial charge in [0.1, 0.15) is 5.00 Å². The number of nitrogens with zero attached hydrogens (tertiary/aromatic N) is 3. The van der Waals surface area contributed by atoms with E-state index in [1.165, 1.54) is 29.4 Å². The predicted octanol–water partition coefficient (Wildman–Crippen LogP) is 1.98. The Morgan fingerprint density at radius 2 is 2.06 bits per heavy atom. The van der Waals surface area contributed by atoms with Crippen molar-refractivity contribution >= 4 is 34.1 Å². The van der Waals surface area contributed by atoms with Gasteiger partial charge >= 0.3 is 0 Å². The first-order valence-electron chi connectivity index (χ1n) is 5.84. The molecule has 1 fully saturated rings. The molecular formula is C11H20N4S2. The third kappa shape index (κ3) is 2.69. The maximum atomic E-state index is 5.88. The average Bonchev–Trinajstić information content (AvgIpc) is 2.70. The molecule has 2 N–H and O–H groups in total. The van der Waals surface area contributed by atoms with E-state index in [1.807, 2.05) is 0 Å². The quantitative estimate of drug-likeness (QED) is 0.853. The van der Waals surface area contributed by atoms with E-state index in [1.54, 1.807) is 11.8 Å². The SMILES string of the molecule is CSc1c(N)nsc1N1CCC(N(C)C)CC1. The number of aromatic nitrogens is 1. The Hall–Kier alpha value is -0.460. The zero-order valence-corrected chi connectivity index (χ0v) is 12.3. The van der Waals surface area contributed by atoms with Crippen molar-refractivity contribution in [3.63, 3.8) is 0 Å². The van der Waals surface area contributed by atoms with Crippen LogP contribution in [0, 0.1) is 0 Å². The maximum Gasteiger partial charge on any atom is 0.153 e. The highest BCUT2D eigenvalue weighted by molar-refractivity contribution is 7.99. The fraction of sp³-hybridized carbons (Fsp3) is 0.727. The summed E-state index contributed by atoms with van der Waals surface area (Å²) in [7, 11) is 4.33. The van der Waals surface area contributed by atoms with E-state index >= 15 is 0 Å². The summed E-state index contributed by atoms with van der Waals surface area (Å²) in [5.41, 5.74) is 5.88. The number of nitrogens with two attached hydrogens (primary N) is 1. The molecule has 0 atom stereocenters. The van der Waals surface area contributed by atoms with Gasteiger partial charge in [0.2, 0.25) is 0 Å². The Kier molecular flexibility index (Phi) is 4.17. The second kappa shape index (κ2) is 5.46. The normalized spacial score (nSPS) is 18.0. The lowest BCUT2D eigenvalue weighted by atomic mass is 10.0. The number of piperidine rings is 1. The fourth-order valence-electron chi connectivity index (χ4n) is 2.26. The van der Waals surface area contributed by atoms with Gasteiger partial charge in [-0.2, -0.15) is 4.37 Å². The summed E-state index contributed by atoms with van der Waals surface area (Å²) in [5.74, 6) is 0.687. The molecule has 1 aromatic rings. The maximum absolute atomic E-state index is 5.88. The molecular weight excluding hydrogens is 252 g/mol. The molecule has 0 amide bonds. The molecule has 0 aromatic carbocycles. The molecule has 0 unspecified atom stereocenters. The van der Waals surface area contributed by atoms with E-state index in [0.717, 1.165) is 18.0 Å². The summed E-state index contributed by atoms with van der Waals surface area (Å²) >= 11 is 3.23. The second-order valence-electron chi connectivity index (χ2n) is 4.59. The highest BCUT2D eigenvalue weighted by atomic mass is 32.2. The second-order valence-corrected chi connectivity index (χ2v) is 6.16. The van der Waals surface area contributed by atoms with E-state index in [4.69, 9.17) is 5.73 Å². The number of rotatable bonds is 3. The third-order valence-electron chi connectivity index (χ3n) is 3.34. The lowest BCUT2D eigenvalue weighted by Crippen LogP contribution is -2.41. The van der Waals surface area contributed by atoms with Gasteiger partial charge in [-0.05, 0) is 44.7 Å². The molecule has 1 aliphatic rings. The van der Waals surface area contributed by atoms with Gasteiger partial charge in [0.25, 0.3) is 0 Å². The summed E-state index contributed by atoms with van der Waals surface area (Å²) in [6.45, 7) is 2.22. The van der Waals surface area contributed by atoms with Crippen LogP contribution in [-0.2, 0) is 0 Å². The van der Waals surface area contributed by atoms with Crippen LogP contribution < -0.4 is 10.6 Å². The summed E-state index contributed by atoms with van der Waals surface area (Å²) in [5, 5.41) is 1.26. The van der Waals surface area contributed by atoms with Crippen molar-refractivity contribution < 1.29 is 0 Å². The first-order chi connectivity index (χ1) is 8.13. The van der Waals surface area contributed by atoms with Gasteiger partial charge in [0.05, 0.1) is 4.90 Å². The summed E-state index contributed by atoms with van der Waals surface area (Å²) in [6.07, 6.45) is 4.51. The molecule has 0 aliphatic carbocycles. The number of thioether (sulfide) groups is 1. The van der Waals surface area contributed by atoms with Crippen molar-refractivity contribution in [1.82, 2.24) is 9.27 Å². The molecule has 0 bridgehead atoms. The lowest BCUT2D eigenvalue weighted by molar-refractivity contribution is 0.250. The van der Waals surface area contributed by atoms with Crippen molar-refractivity contribution in [3.05, 3.63) is 0 Å². The molecule has 2 rings (SSSR count). The predicted molar refractivity (Wildman–Crippen MR) is 77.2 cm³/mol. The van der Waals surface area contributed by atoms with E-state index in [9.17, 15) is 0 Å². The van der Waals surface area contributed by atoms with Crippen molar-refractivity contribution in [2.75, 3.05) is 44.1 Å². The molecule has 0 radical (unpaired) electrons. The van der Waals surface area contributed by atoms with E-state index in [0.29, 0.717) is 11.9 Å². The van der Waals surface area contributed by atoms with Crippen molar-refractivity contribution in [2.24, 2.45) is 0 Å². The molecule has 4 nitrogen and oxygen atoms in total. The highest BCUT2D eigenvalue weighted by Gasteiger charge is 2.24. The largest absolute Gasteiger partial charge is 0.382 e. The fourth-order valence-corrected chi connectivity index (χ4v) is 4.00. The van der Waals surface area contributed by atoms with E-state index in [2.05, 4.69) is 34.5 Å². The van der Waals surface area contributed by atoms with Crippen molar-refractivity contribution in [1.29, 1.82) is 0 Å². The van der Waals surface area contributed by atoms with Crippen molar-refractivity contribution in [2.45, 2.75) is 23.8 Å². The lowest BCUT2D eigenvalue weighted by Gasteiger charge is -2.35. The van der Waals surface area contributed by atoms with Gasteiger partial charge in [-0.25, -0.2) is 0 Å². The topological polar surface area (TPSA) is 45.4 Å².